The topological polar surface area (TPSA) is 20.5 Å². The Labute approximate surface area is 116 Å². The Kier molecular flexibility index (Phi) is 2.55. The molecule has 1 saturated heterocycles. The zero-order valence-corrected chi connectivity index (χ0v) is 11.4. The molecule has 3 aromatic rings. The molecule has 3 nitrogen and oxygen atoms in total. The van der Waals surface area contributed by atoms with Crippen LogP contribution in [-0.4, -0.2) is 22.5 Å². The van der Waals surface area contributed by atoms with E-state index in [4.69, 9.17) is 0 Å². The molecule has 0 atom stereocenters. The lowest BCUT2D eigenvalue weighted by molar-refractivity contribution is 0.949. The quantitative estimate of drug-likeness (QED) is 0.707. The molecule has 3 heterocycles. The third-order valence-electron chi connectivity index (χ3n) is 3.73. The van der Waals surface area contributed by atoms with Gasteiger partial charge in [0, 0.05) is 42.1 Å². The number of imidazole rings is 1. The van der Waals surface area contributed by atoms with Crippen molar-refractivity contribution in [2.75, 3.05) is 18.0 Å². The van der Waals surface area contributed by atoms with Gasteiger partial charge in [-0.2, -0.15) is 0 Å². The summed E-state index contributed by atoms with van der Waals surface area (Å²) in [6.07, 6.45) is 6.78. The maximum atomic E-state index is 4.64. The second kappa shape index (κ2) is 4.38. The SMILES string of the molecule is c1cn2cc(-c3ccc(N4CCCC4)cc3)nc2s1. The predicted molar refractivity (Wildman–Crippen MR) is 80.0 cm³/mol. The monoisotopic (exact) mass is 269 g/mol. The summed E-state index contributed by atoms with van der Waals surface area (Å²) < 4.78 is 2.08. The molecule has 0 aliphatic carbocycles. The van der Waals surface area contributed by atoms with Crippen LogP contribution in [0.3, 0.4) is 0 Å². The van der Waals surface area contributed by atoms with Gasteiger partial charge in [0.1, 0.15) is 0 Å². The number of benzene rings is 1. The van der Waals surface area contributed by atoms with E-state index in [9.17, 15) is 0 Å². The molecule has 4 rings (SSSR count). The van der Waals surface area contributed by atoms with Crippen LogP contribution in [-0.2, 0) is 0 Å². The number of nitrogens with zero attached hydrogens (tertiary/aromatic N) is 3. The van der Waals surface area contributed by atoms with Crippen LogP contribution in [0.25, 0.3) is 16.2 Å². The normalized spacial score (nSPS) is 15.5. The minimum atomic E-state index is 1.05. The van der Waals surface area contributed by atoms with Crippen LogP contribution in [0.4, 0.5) is 5.69 Å². The molecule has 1 aliphatic heterocycles. The van der Waals surface area contributed by atoms with E-state index < -0.39 is 0 Å². The van der Waals surface area contributed by atoms with Crippen LogP contribution >= 0.6 is 11.3 Å². The summed E-state index contributed by atoms with van der Waals surface area (Å²) in [6.45, 7) is 2.39. The molecule has 19 heavy (non-hydrogen) atoms. The third-order valence-corrected chi connectivity index (χ3v) is 4.50. The summed E-state index contributed by atoms with van der Waals surface area (Å²) >= 11 is 1.67. The first-order valence-corrected chi connectivity index (χ1v) is 7.56. The van der Waals surface area contributed by atoms with Crippen molar-refractivity contribution < 1.29 is 0 Å². The van der Waals surface area contributed by atoms with Gasteiger partial charge in [-0.15, -0.1) is 11.3 Å². The number of fused-ring (bicyclic) bond motifs is 1. The fourth-order valence-electron chi connectivity index (χ4n) is 2.68. The number of hydrogen-bond acceptors (Lipinski definition) is 3. The summed E-state index contributed by atoms with van der Waals surface area (Å²) in [6, 6.07) is 8.79. The molecule has 1 aromatic carbocycles. The zero-order valence-electron chi connectivity index (χ0n) is 10.6. The lowest BCUT2D eigenvalue weighted by Gasteiger charge is -2.17. The minimum absolute atomic E-state index is 1.05. The number of rotatable bonds is 2. The average Bonchev–Trinajstić information content (AvgIpc) is 3.15. The average molecular weight is 269 g/mol. The largest absolute Gasteiger partial charge is 0.372 e. The Bertz CT molecular complexity index is 661. The zero-order chi connectivity index (χ0) is 12.7. The Balaban J connectivity index is 1.66. The van der Waals surface area contributed by atoms with E-state index in [0.29, 0.717) is 0 Å². The first-order chi connectivity index (χ1) is 9.40. The van der Waals surface area contributed by atoms with E-state index >= 15 is 0 Å². The van der Waals surface area contributed by atoms with Crippen LogP contribution in [0.1, 0.15) is 12.8 Å². The molecule has 1 fully saturated rings. The first kappa shape index (κ1) is 11.1. The highest BCUT2D eigenvalue weighted by Crippen LogP contribution is 2.26. The van der Waals surface area contributed by atoms with Crippen molar-refractivity contribution in [2.45, 2.75) is 12.8 Å². The fraction of sp³-hybridized carbons (Fsp3) is 0.267. The first-order valence-electron chi connectivity index (χ1n) is 6.68. The van der Waals surface area contributed by atoms with Gasteiger partial charge in [0.05, 0.1) is 5.69 Å². The number of anilines is 1. The van der Waals surface area contributed by atoms with Crippen molar-refractivity contribution in [2.24, 2.45) is 0 Å². The Morgan fingerprint density at radius 3 is 2.58 bits per heavy atom. The molecule has 96 valence electrons. The van der Waals surface area contributed by atoms with E-state index in [1.165, 1.54) is 37.2 Å². The van der Waals surface area contributed by atoms with Gasteiger partial charge in [0.15, 0.2) is 4.96 Å². The second-order valence-electron chi connectivity index (χ2n) is 4.96. The number of thiazole rings is 1. The van der Waals surface area contributed by atoms with Gasteiger partial charge in [0.2, 0.25) is 0 Å². The minimum Gasteiger partial charge on any atom is -0.372 e. The Morgan fingerprint density at radius 2 is 1.84 bits per heavy atom. The molecule has 0 spiro atoms. The summed E-state index contributed by atoms with van der Waals surface area (Å²) in [4.78, 5) is 8.15. The van der Waals surface area contributed by atoms with Gasteiger partial charge in [-0.25, -0.2) is 4.98 Å². The summed E-state index contributed by atoms with van der Waals surface area (Å²) in [5.74, 6) is 0. The van der Waals surface area contributed by atoms with Crippen LogP contribution in [0.2, 0.25) is 0 Å². The van der Waals surface area contributed by atoms with Gasteiger partial charge in [-0.05, 0) is 25.0 Å². The highest BCUT2D eigenvalue weighted by atomic mass is 32.1. The van der Waals surface area contributed by atoms with E-state index in [0.717, 1.165) is 10.7 Å². The smallest absolute Gasteiger partial charge is 0.194 e. The standard InChI is InChI=1S/C15H15N3S/c1-2-8-17(7-1)13-5-3-12(4-6-13)14-11-18-9-10-19-15(18)16-14/h3-6,9-11H,1-2,7-8H2. The molecule has 0 N–H and O–H groups in total. The molecular formula is C15H15N3S. The van der Waals surface area contributed by atoms with Crippen molar-refractivity contribution in [1.82, 2.24) is 9.38 Å². The van der Waals surface area contributed by atoms with Gasteiger partial charge < -0.3 is 4.90 Å². The van der Waals surface area contributed by atoms with Crippen molar-refractivity contribution in [3.63, 3.8) is 0 Å². The summed E-state index contributed by atoms with van der Waals surface area (Å²) in [7, 11) is 0. The van der Waals surface area contributed by atoms with Crippen LogP contribution in [0.5, 0.6) is 0 Å². The van der Waals surface area contributed by atoms with Gasteiger partial charge in [0.25, 0.3) is 0 Å². The molecule has 1 aliphatic rings. The second-order valence-corrected chi connectivity index (χ2v) is 5.83. The molecule has 2 aromatic heterocycles. The predicted octanol–water partition coefficient (Wildman–Crippen LogP) is 3.66. The van der Waals surface area contributed by atoms with Crippen molar-refractivity contribution in [3.05, 3.63) is 42.0 Å². The highest BCUT2D eigenvalue weighted by Gasteiger charge is 2.12. The van der Waals surface area contributed by atoms with E-state index in [1.807, 2.05) is 0 Å². The number of hydrogen-bond donors (Lipinski definition) is 0. The van der Waals surface area contributed by atoms with E-state index in [-0.39, 0.29) is 0 Å². The molecule has 0 amide bonds. The summed E-state index contributed by atoms with van der Waals surface area (Å²) in [5.41, 5.74) is 3.58. The van der Waals surface area contributed by atoms with Gasteiger partial charge >= 0.3 is 0 Å². The van der Waals surface area contributed by atoms with E-state index in [2.05, 4.69) is 56.3 Å². The molecule has 4 heteroatoms. The summed E-state index contributed by atoms with van der Waals surface area (Å²) in [5, 5.41) is 2.06. The molecule has 0 bridgehead atoms. The van der Waals surface area contributed by atoms with Crippen molar-refractivity contribution >= 4 is 22.0 Å². The third kappa shape index (κ3) is 1.92. The van der Waals surface area contributed by atoms with Crippen LogP contribution in [0, 0.1) is 0 Å². The van der Waals surface area contributed by atoms with Crippen molar-refractivity contribution in [1.29, 1.82) is 0 Å². The molecule has 0 unspecified atom stereocenters. The Hall–Kier alpha value is -1.81. The highest BCUT2D eigenvalue weighted by molar-refractivity contribution is 7.15. The number of aromatic nitrogens is 2. The van der Waals surface area contributed by atoms with Crippen molar-refractivity contribution in [3.8, 4) is 11.3 Å². The molecule has 0 saturated carbocycles. The van der Waals surface area contributed by atoms with Gasteiger partial charge in [-0.3, -0.25) is 4.40 Å². The lowest BCUT2D eigenvalue weighted by atomic mass is 10.1. The Morgan fingerprint density at radius 1 is 1.05 bits per heavy atom. The van der Waals surface area contributed by atoms with Crippen LogP contribution in [0.15, 0.2) is 42.0 Å². The fourth-order valence-corrected chi connectivity index (χ4v) is 3.38. The van der Waals surface area contributed by atoms with Crippen LogP contribution < -0.4 is 4.90 Å². The molecular weight excluding hydrogens is 254 g/mol. The maximum Gasteiger partial charge on any atom is 0.194 e. The lowest BCUT2D eigenvalue weighted by Crippen LogP contribution is -2.17. The maximum absolute atomic E-state index is 4.64. The van der Waals surface area contributed by atoms with E-state index in [1.54, 1.807) is 11.3 Å². The van der Waals surface area contributed by atoms with Gasteiger partial charge in [-0.1, -0.05) is 12.1 Å². The molecule has 0 radical (unpaired) electrons.